The zero-order valence-electron chi connectivity index (χ0n) is 20.0. The lowest BCUT2D eigenvalue weighted by Crippen LogP contribution is -2.37. The number of aromatic nitrogens is 1. The van der Waals surface area contributed by atoms with Crippen LogP contribution in [-0.2, 0) is 13.0 Å². The first-order chi connectivity index (χ1) is 16.0. The normalized spacial score (nSPS) is 10.8. The van der Waals surface area contributed by atoms with Crippen molar-refractivity contribution in [2.75, 3.05) is 20.6 Å². The number of benzene rings is 2. The lowest BCUT2D eigenvalue weighted by Gasteiger charge is -2.13. The number of ether oxygens (including phenoxy) is 1. The van der Waals surface area contributed by atoms with E-state index >= 15 is 0 Å². The molecular weight excluding hydrogens is 541 g/mol. The van der Waals surface area contributed by atoms with Gasteiger partial charge in [-0.3, -0.25) is 9.79 Å². The molecule has 0 fully saturated rings. The molecule has 0 bridgehead atoms. The van der Waals surface area contributed by atoms with Crippen LogP contribution in [0.4, 0.5) is 0 Å². The van der Waals surface area contributed by atoms with Crippen LogP contribution in [0.2, 0.25) is 0 Å². The van der Waals surface area contributed by atoms with Crippen LogP contribution in [0.1, 0.15) is 32.6 Å². The Morgan fingerprint density at radius 3 is 2.56 bits per heavy atom. The van der Waals surface area contributed by atoms with E-state index in [1.165, 1.54) is 11.1 Å². The van der Waals surface area contributed by atoms with Crippen molar-refractivity contribution in [2.45, 2.75) is 26.8 Å². The van der Waals surface area contributed by atoms with Crippen LogP contribution in [0.25, 0.3) is 0 Å². The number of hydrogen-bond donors (Lipinski definition) is 3. The number of hydrogen-bond acceptors (Lipinski definition) is 4. The molecular formula is C26H32IN5O2. The van der Waals surface area contributed by atoms with Crippen LogP contribution in [0, 0.1) is 13.8 Å². The Hall–Kier alpha value is -3.14. The molecule has 3 rings (SSSR count). The molecule has 0 atom stereocenters. The minimum atomic E-state index is -0.0829. The standard InChI is InChI=1S/C26H31N5O2.HI/c1-18-8-9-23(14-19(18)2)33-24-16-21(11-12-29-24)17-31-26(28-4)30-13-10-20-6-5-7-22(15-20)25(32)27-3;/h5-9,11-12,14-16H,10,13,17H2,1-4H3,(H,27,32)(H2,28,30,31);1H. The highest BCUT2D eigenvalue weighted by Crippen LogP contribution is 2.22. The molecule has 0 spiro atoms. The average molecular weight is 573 g/mol. The predicted octanol–water partition coefficient (Wildman–Crippen LogP) is 4.38. The Kier molecular flexibility index (Phi) is 10.8. The summed E-state index contributed by atoms with van der Waals surface area (Å²) >= 11 is 0. The van der Waals surface area contributed by atoms with Crippen molar-refractivity contribution in [3.8, 4) is 11.6 Å². The molecule has 0 saturated carbocycles. The van der Waals surface area contributed by atoms with Crippen molar-refractivity contribution in [3.63, 3.8) is 0 Å². The zero-order chi connectivity index (χ0) is 23.6. The summed E-state index contributed by atoms with van der Waals surface area (Å²) in [6, 6.07) is 17.5. The number of nitrogens with zero attached hydrogens (tertiary/aromatic N) is 2. The van der Waals surface area contributed by atoms with Gasteiger partial charge >= 0.3 is 0 Å². The van der Waals surface area contributed by atoms with Crippen molar-refractivity contribution >= 4 is 35.8 Å². The summed E-state index contributed by atoms with van der Waals surface area (Å²) in [4.78, 5) is 20.4. The van der Waals surface area contributed by atoms with Crippen molar-refractivity contribution < 1.29 is 9.53 Å². The Morgan fingerprint density at radius 2 is 1.82 bits per heavy atom. The van der Waals surface area contributed by atoms with Gasteiger partial charge in [0, 0.05) is 45.0 Å². The number of carbonyl (C=O) groups excluding carboxylic acids is 1. The lowest BCUT2D eigenvalue weighted by molar-refractivity contribution is 0.0963. The smallest absolute Gasteiger partial charge is 0.251 e. The number of nitrogens with one attached hydrogen (secondary N) is 3. The second-order valence-corrected chi connectivity index (χ2v) is 7.73. The van der Waals surface area contributed by atoms with Crippen LogP contribution < -0.4 is 20.7 Å². The van der Waals surface area contributed by atoms with Crippen LogP contribution in [0.3, 0.4) is 0 Å². The minimum Gasteiger partial charge on any atom is -0.439 e. The third kappa shape index (κ3) is 8.02. The van der Waals surface area contributed by atoms with Crippen molar-refractivity contribution in [3.05, 3.63) is 88.6 Å². The summed E-state index contributed by atoms with van der Waals surface area (Å²) < 4.78 is 5.92. The molecule has 0 saturated heterocycles. The number of guanidine groups is 1. The molecule has 3 N–H and O–H groups in total. The quantitative estimate of drug-likeness (QED) is 0.212. The average Bonchev–Trinajstić information content (AvgIpc) is 2.83. The third-order valence-corrected chi connectivity index (χ3v) is 5.31. The van der Waals surface area contributed by atoms with Crippen LogP contribution >= 0.6 is 24.0 Å². The summed E-state index contributed by atoms with van der Waals surface area (Å²) in [7, 11) is 3.37. The van der Waals surface area contributed by atoms with Crippen molar-refractivity contribution in [1.82, 2.24) is 20.9 Å². The van der Waals surface area contributed by atoms with Gasteiger partial charge in [0.15, 0.2) is 5.96 Å². The van der Waals surface area contributed by atoms with E-state index in [1.807, 2.05) is 54.6 Å². The van der Waals surface area contributed by atoms with Gasteiger partial charge in [0.1, 0.15) is 5.75 Å². The van der Waals surface area contributed by atoms with E-state index in [9.17, 15) is 4.79 Å². The highest BCUT2D eigenvalue weighted by Gasteiger charge is 2.06. The van der Waals surface area contributed by atoms with E-state index in [0.717, 1.165) is 23.3 Å². The molecule has 1 amide bonds. The molecule has 8 heteroatoms. The largest absolute Gasteiger partial charge is 0.439 e. The second-order valence-electron chi connectivity index (χ2n) is 7.73. The highest BCUT2D eigenvalue weighted by atomic mass is 127. The maximum atomic E-state index is 11.8. The van der Waals surface area contributed by atoms with Gasteiger partial charge in [-0.25, -0.2) is 4.98 Å². The van der Waals surface area contributed by atoms with Gasteiger partial charge in [-0.05, 0) is 72.9 Å². The van der Waals surface area contributed by atoms with Gasteiger partial charge in [0.2, 0.25) is 5.88 Å². The molecule has 7 nitrogen and oxygen atoms in total. The van der Waals surface area contributed by atoms with E-state index in [-0.39, 0.29) is 29.9 Å². The van der Waals surface area contributed by atoms with Crippen LogP contribution in [-0.4, -0.2) is 37.5 Å². The van der Waals surface area contributed by atoms with Gasteiger partial charge in [-0.1, -0.05) is 18.2 Å². The molecule has 0 radical (unpaired) electrons. The molecule has 180 valence electrons. The Bertz CT molecular complexity index is 1130. The lowest BCUT2D eigenvalue weighted by atomic mass is 10.1. The summed E-state index contributed by atoms with van der Waals surface area (Å²) in [5.74, 6) is 1.94. The van der Waals surface area contributed by atoms with Crippen molar-refractivity contribution in [1.29, 1.82) is 0 Å². The van der Waals surface area contributed by atoms with E-state index in [4.69, 9.17) is 4.74 Å². The Labute approximate surface area is 218 Å². The van der Waals surface area contributed by atoms with Gasteiger partial charge in [-0.2, -0.15) is 0 Å². The number of halogens is 1. The van der Waals surface area contributed by atoms with Crippen LogP contribution in [0.5, 0.6) is 11.6 Å². The molecule has 1 aromatic heterocycles. The summed E-state index contributed by atoms with van der Waals surface area (Å²) in [5, 5.41) is 9.27. The topological polar surface area (TPSA) is 87.6 Å². The van der Waals surface area contributed by atoms with Gasteiger partial charge in [0.25, 0.3) is 5.91 Å². The first-order valence-electron chi connectivity index (χ1n) is 10.9. The number of pyridine rings is 1. The number of aliphatic imine (C=N–C) groups is 1. The first-order valence-corrected chi connectivity index (χ1v) is 10.9. The van der Waals surface area contributed by atoms with Gasteiger partial charge in [0.05, 0.1) is 0 Å². The van der Waals surface area contributed by atoms with Gasteiger partial charge < -0.3 is 20.7 Å². The van der Waals surface area contributed by atoms with Crippen molar-refractivity contribution in [2.24, 2.45) is 4.99 Å². The maximum absolute atomic E-state index is 11.8. The van der Waals surface area contributed by atoms with Gasteiger partial charge in [-0.15, -0.1) is 24.0 Å². The number of amides is 1. The molecule has 34 heavy (non-hydrogen) atoms. The minimum absolute atomic E-state index is 0. The zero-order valence-corrected chi connectivity index (χ0v) is 22.3. The number of aryl methyl sites for hydroxylation is 2. The van der Waals surface area contributed by atoms with E-state index in [2.05, 4.69) is 39.8 Å². The van der Waals surface area contributed by atoms with Crippen LogP contribution in [0.15, 0.2) is 65.8 Å². The van der Waals surface area contributed by atoms with E-state index < -0.39 is 0 Å². The second kappa shape index (κ2) is 13.5. The first kappa shape index (κ1) is 27.1. The fourth-order valence-corrected chi connectivity index (χ4v) is 3.26. The Morgan fingerprint density at radius 1 is 1.00 bits per heavy atom. The third-order valence-electron chi connectivity index (χ3n) is 5.31. The maximum Gasteiger partial charge on any atom is 0.251 e. The molecule has 3 aromatic rings. The Balaban J connectivity index is 0.00000408. The monoisotopic (exact) mass is 573 g/mol. The fourth-order valence-electron chi connectivity index (χ4n) is 3.26. The summed E-state index contributed by atoms with van der Waals surface area (Å²) in [6.45, 7) is 5.41. The van der Waals surface area contributed by atoms with E-state index in [1.54, 1.807) is 20.3 Å². The number of carbonyl (C=O) groups is 1. The highest BCUT2D eigenvalue weighted by molar-refractivity contribution is 14.0. The molecule has 0 aliphatic carbocycles. The molecule has 1 heterocycles. The number of rotatable bonds is 8. The molecule has 0 aliphatic heterocycles. The molecule has 0 unspecified atom stereocenters. The summed E-state index contributed by atoms with van der Waals surface area (Å²) in [6.07, 6.45) is 2.51. The SMILES string of the molecule is CN=C(NCCc1cccc(C(=O)NC)c1)NCc1ccnc(Oc2ccc(C)c(C)c2)c1.I. The predicted molar refractivity (Wildman–Crippen MR) is 147 cm³/mol. The van der Waals surface area contributed by atoms with E-state index in [0.29, 0.717) is 30.5 Å². The molecule has 0 aliphatic rings. The molecule has 2 aromatic carbocycles. The fraction of sp³-hybridized carbons (Fsp3) is 0.269. The summed E-state index contributed by atoms with van der Waals surface area (Å²) in [5.41, 5.74) is 5.19.